The van der Waals surface area contributed by atoms with Crippen molar-refractivity contribution in [2.45, 2.75) is 32.6 Å². The van der Waals surface area contributed by atoms with E-state index < -0.39 is 0 Å². The van der Waals surface area contributed by atoms with Crippen LogP contribution in [0, 0.1) is 5.92 Å². The third-order valence-electron chi connectivity index (χ3n) is 3.03. The van der Waals surface area contributed by atoms with E-state index in [0.717, 1.165) is 18.4 Å². The number of rotatable bonds is 7. The second kappa shape index (κ2) is 7.88. The smallest absolute Gasteiger partial charge is 0.227 e. The first-order valence-electron chi connectivity index (χ1n) is 6.62. The summed E-state index contributed by atoms with van der Waals surface area (Å²) in [6.07, 6.45) is 1.83. The Labute approximate surface area is 109 Å². The van der Waals surface area contributed by atoms with Crippen molar-refractivity contribution in [3.8, 4) is 0 Å². The summed E-state index contributed by atoms with van der Waals surface area (Å²) in [6.45, 7) is 4.63. The molecule has 18 heavy (non-hydrogen) atoms. The minimum Gasteiger partial charge on any atom is -0.396 e. The lowest BCUT2D eigenvalue weighted by molar-refractivity contribution is -0.122. The van der Waals surface area contributed by atoms with Crippen molar-refractivity contribution < 1.29 is 9.90 Å². The van der Waals surface area contributed by atoms with E-state index in [9.17, 15) is 4.79 Å². The second-order valence-electron chi connectivity index (χ2n) is 4.78. The van der Waals surface area contributed by atoms with E-state index in [1.807, 2.05) is 37.3 Å². The van der Waals surface area contributed by atoms with Crippen LogP contribution in [-0.4, -0.2) is 24.2 Å². The third kappa shape index (κ3) is 4.49. The average Bonchev–Trinajstić information content (AvgIpc) is 2.42. The van der Waals surface area contributed by atoms with Crippen molar-refractivity contribution in [1.29, 1.82) is 0 Å². The Bertz CT molecular complexity index is 351. The summed E-state index contributed by atoms with van der Waals surface area (Å²) in [5.41, 5.74) is 1.06. The largest absolute Gasteiger partial charge is 0.396 e. The van der Waals surface area contributed by atoms with Gasteiger partial charge < -0.3 is 10.4 Å². The molecule has 0 unspecified atom stereocenters. The van der Waals surface area contributed by atoms with E-state index in [0.29, 0.717) is 6.54 Å². The van der Waals surface area contributed by atoms with E-state index in [1.165, 1.54) is 0 Å². The Balaban J connectivity index is 2.64. The van der Waals surface area contributed by atoms with Crippen LogP contribution in [0.3, 0.4) is 0 Å². The minimum absolute atomic E-state index is 0.0587. The molecule has 3 nitrogen and oxygen atoms in total. The fourth-order valence-electron chi connectivity index (χ4n) is 1.89. The molecule has 0 aromatic heterocycles. The van der Waals surface area contributed by atoms with E-state index in [-0.39, 0.29) is 24.3 Å². The summed E-state index contributed by atoms with van der Waals surface area (Å²) in [4.78, 5) is 12.2. The molecule has 0 aliphatic carbocycles. The summed E-state index contributed by atoms with van der Waals surface area (Å²) in [6, 6.07) is 9.87. The Morgan fingerprint density at radius 1 is 1.33 bits per heavy atom. The number of nitrogens with one attached hydrogen (secondary N) is 1. The standard InChI is InChI=1S/C15H23NO2/c1-3-7-14(13-8-5-4-6-9-13)15(18)16-10-12(2)11-17/h4-6,8-9,12,14,17H,3,7,10-11H2,1-2H3,(H,16,18)/t12-,14+/m1/s1. The van der Waals surface area contributed by atoms with Gasteiger partial charge in [-0.3, -0.25) is 4.79 Å². The van der Waals surface area contributed by atoms with Crippen LogP contribution in [0.2, 0.25) is 0 Å². The predicted molar refractivity (Wildman–Crippen MR) is 73.4 cm³/mol. The van der Waals surface area contributed by atoms with Gasteiger partial charge in [-0.25, -0.2) is 0 Å². The monoisotopic (exact) mass is 249 g/mol. The first kappa shape index (κ1) is 14.7. The molecule has 1 aromatic carbocycles. The Morgan fingerprint density at radius 3 is 2.56 bits per heavy atom. The highest BCUT2D eigenvalue weighted by molar-refractivity contribution is 5.83. The lowest BCUT2D eigenvalue weighted by Gasteiger charge is -2.18. The van der Waals surface area contributed by atoms with Gasteiger partial charge in [-0.1, -0.05) is 50.6 Å². The van der Waals surface area contributed by atoms with Gasteiger partial charge >= 0.3 is 0 Å². The third-order valence-corrected chi connectivity index (χ3v) is 3.03. The van der Waals surface area contributed by atoms with E-state index in [4.69, 9.17) is 5.11 Å². The number of hydrogen-bond donors (Lipinski definition) is 2. The molecule has 0 saturated heterocycles. The number of hydrogen-bond acceptors (Lipinski definition) is 2. The number of carbonyl (C=O) groups excluding carboxylic acids is 1. The Kier molecular flexibility index (Phi) is 6.44. The fraction of sp³-hybridized carbons (Fsp3) is 0.533. The van der Waals surface area contributed by atoms with Gasteiger partial charge in [-0.2, -0.15) is 0 Å². The predicted octanol–water partition coefficient (Wildman–Crippen LogP) is 2.31. The maximum atomic E-state index is 12.2. The zero-order chi connectivity index (χ0) is 13.4. The topological polar surface area (TPSA) is 49.3 Å². The van der Waals surface area contributed by atoms with Gasteiger partial charge in [0.25, 0.3) is 0 Å². The van der Waals surface area contributed by atoms with E-state index in [2.05, 4.69) is 12.2 Å². The van der Waals surface area contributed by atoms with Gasteiger partial charge in [0.1, 0.15) is 0 Å². The minimum atomic E-state index is -0.0814. The quantitative estimate of drug-likeness (QED) is 0.779. The molecule has 3 heteroatoms. The average molecular weight is 249 g/mol. The van der Waals surface area contributed by atoms with Crippen LogP contribution in [0.15, 0.2) is 30.3 Å². The van der Waals surface area contributed by atoms with Gasteiger partial charge in [0.05, 0.1) is 5.92 Å². The summed E-state index contributed by atoms with van der Waals surface area (Å²) in [7, 11) is 0. The first-order chi connectivity index (χ1) is 8.69. The first-order valence-corrected chi connectivity index (χ1v) is 6.62. The molecular weight excluding hydrogens is 226 g/mol. The molecule has 0 aliphatic rings. The van der Waals surface area contributed by atoms with Crippen molar-refractivity contribution in [2.24, 2.45) is 5.92 Å². The molecule has 2 atom stereocenters. The molecule has 2 N–H and O–H groups in total. The summed E-state index contributed by atoms with van der Waals surface area (Å²) in [5.74, 6) is 0.0810. The number of benzene rings is 1. The fourth-order valence-corrected chi connectivity index (χ4v) is 1.89. The van der Waals surface area contributed by atoms with Gasteiger partial charge in [0.15, 0.2) is 0 Å². The molecule has 0 spiro atoms. The lowest BCUT2D eigenvalue weighted by Crippen LogP contribution is -2.33. The molecule has 1 rings (SSSR count). The van der Waals surface area contributed by atoms with Crippen LogP contribution < -0.4 is 5.32 Å². The number of amides is 1. The molecule has 100 valence electrons. The SMILES string of the molecule is CCC[C@H](C(=O)NC[C@@H](C)CO)c1ccccc1. The normalized spacial score (nSPS) is 13.9. The molecule has 0 fully saturated rings. The molecule has 0 saturated carbocycles. The van der Waals surface area contributed by atoms with Gasteiger partial charge in [0.2, 0.25) is 5.91 Å². The molecule has 1 aromatic rings. The van der Waals surface area contributed by atoms with Gasteiger partial charge in [0, 0.05) is 13.2 Å². The van der Waals surface area contributed by atoms with Gasteiger partial charge in [-0.15, -0.1) is 0 Å². The van der Waals surface area contributed by atoms with Crippen molar-refractivity contribution in [3.63, 3.8) is 0 Å². The molecule has 0 heterocycles. The van der Waals surface area contributed by atoms with Crippen LogP contribution in [-0.2, 0) is 4.79 Å². The zero-order valence-electron chi connectivity index (χ0n) is 11.2. The lowest BCUT2D eigenvalue weighted by atomic mass is 9.93. The number of carbonyl (C=O) groups is 1. The molecule has 1 amide bonds. The van der Waals surface area contributed by atoms with Gasteiger partial charge in [-0.05, 0) is 17.9 Å². The van der Waals surface area contributed by atoms with Crippen molar-refractivity contribution >= 4 is 5.91 Å². The Hall–Kier alpha value is -1.35. The van der Waals surface area contributed by atoms with Crippen molar-refractivity contribution in [2.75, 3.05) is 13.2 Å². The molecule has 0 aliphatic heterocycles. The Morgan fingerprint density at radius 2 is 2.00 bits per heavy atom. The van der Waals surface area contributed by atoms with Crippen LogP contribution in [0.1, 0.15) is 38.2 Å². The highest BCUT2D eigenvalue weighted by atomic mass is 16.3. The highest BCUT2D eigenvalue weighted by Gasteiger charge is 2.19. The molecular formula is C15H23NO2. The maximum absolute atomic E-state index is 12.2. The van der Waals surface area contributed by atoms with Crippen molar-refractivity contribution in [3.05, 3.63) is 35.9 Å². The zero-order valence-corrected chi connectivity index (χ0v) is 11.2. The molecule has 0 bridgehead atoms. The van der Waals surface area contributed by atoms with Crippen LogP contribution in [0.5, 0.6) is 0 Å². The van der Waals surface area contributed by atoms with Crippen LogP contribution >= 0.6 is 0 Å². The van der Waals surface area contributed by atoms with E-state index >= 15 is 0 Å². The number of aliphatic hydroxyl groups is 1. The number of aliphatic hydroxyl groups excluding tert-OH is 1. The maximum Gasteiger partial charge on any atom is 0.227 e. The summed E-state index contributed by atoms with van der Waals surface area (Å²) in [5, 5.41) is 11.9. The molecule has 0 radical (unpaired) electrons. The highest BCUT2D eigenvalue weighted by Crippen LogP contribution is 2.21. The van der Waals surface area contributed by atoms with Crippen LogP contribution in [0.4, 0.5) is 0 Å². The summed E-state index contributed by atoms with van der Waals surface area (Å²) < 4.78 is 0. The second-order valence-corrected chi connectivity index (χ2v) is 4.78. The summed E-state index contributed by atoms with van der Waals surface area (Å²) >= 11 is 0. The van der Waals surface area contributed by atoms with Crippen LogP contribution in [0.25, 0.3) is 0 Å². The van der Waals surface area contributed by atoms with Crippen molar-refractivity contribution in [1.82, 2.24) is 5.32 Å². The van der Waals surface area contributed by atoms with E-state index in [1.54, 1.807) is 0 Å².